The molecule has 0 saturated carbocycles. The van der Waals surface area contributed by atoms with Gasteiger partial charge in [0.25, 0.3) is 0 Å². The number of halogens is 2. The Bertz CT molecular complexity index is 1290. The zero-order valence-electron chi connectivity index (χ0n) is 19.5. The maximum Gasteiger partial charge on any atom is 0.130 e. The number of nitrogens with zero attached hydrogens (tertiary/aromatic N) is 3. The highest BCUT2D eigenvalue weighted by Gasteiger charge is 2.19. The van der Waals surface area contributed by atoms with E-state index in [0.29, 0.717) is 12.1 Å². The summed E-state index contributed by atoms with van der Waals surface area (Å²) < 4.78 is 27.2. The van der Waals surface area contributed by atoms with Gasteiger partial charge in [0.2, 0.25) is 0 Å². The summed E-state index contributed by atoms with van der Waals surface area (Å²) in [6.07, 6.45) is 2.83. The van der Waals surface area contributed by atoms with Crippen LogP contribution >= 0.6 is 0 Å². The third kappa shape index (κ3) is 4.86. The van der Waals surface area contributed by atoms with Crippen molar-refractivity contribution in [3.05, 3.63) is 101 Å². The normalized spacial score (nSPS) is 15.1. The van der Waals surface area contributed by atoms with Gasteiger partial charge >= 0.3 is 0 Å². The number of aryl methyl sites for hydroxylation is 1. The predicted molar refractivity (Wildman–Crippen MR) is 133 cm³/mol. The number of pyridine rings is 1. The Balaban J connectivity index is 1.26. The molecule has 3 nitrogen and oxygen atoms in total. The Morgan fingerprint density at radius 1 is 0.765 bits per heavy atom. The lowest BCUT2D eigenvalue weighted by Crippen LogP contribution is -2.45. The van der Waals surface area contributed by atoms with E-state index >= 15 is 0 Å². The van der Waals surface area contributed by atoms with Crippen LogP contribution in [-0.2, 0) is 19.5 Å². The van der Waals surface area contributed by atoms with Crippen LogP contribution in [0.3, 0.4) is 0 Å². The fraction of sp³-hybridized carbons (Fsp3) is 0.276. The van der Waals surface area contributed by atoms with E-state index < -0.39 is 11.6 Å². The van der Waals surface area contributed by atoms with E-state index in [-0.39, 0.29) is 0 Å². The van der Waals surface area contributed by atoms with Gasteiger partial charge in [-0.1, -0.05) is 55.5 Å². The van der Waals surface area contributed by atoms with Crippen LogP contribution in [0.5, 0.6) is 0 Å². The molecule has 0 N–H and O–H groups in total. The molecular weight excluding hydrogens is 428 g/mol. The topological polar surface area (TPSA) is 19.4 Å². The Labute approximate surface area is 199 Å². The Morgan fingerprint density at radius 2 is 1.47 bits per heavy atom. The number of hydrogen-bond acceptors (Lipinski definition) is 3. The zero-order valence-corrected chi connectivity index (χ0v) is 19.5. The van der Waals surface area contributed by atoms with Gasteiger partial charge in [-0.05, 0) is 35.2 Å². The molecule has 0 atom stereocenters. The second kappa shape index (κ2) is 10.00. The number of piperazine rings is 1. The van der Waals surface area contributed by atoms with E-state index in [4.69, 9.17) is 0 Å². The molecule has 0 aliphatic carbocycles. The average molecular weight is 458 g/mol. The van der Waals surface area contributed by atoms with Crippen molar-refractivity contribution in [1.82, 2.24) is 14.8 Å². The first-order valence-corrected chi connectivity index (χ1v) is 12.0. The van der Waals surface area contributed by atoms with Crippen LogP contribution in [0, 0.1) is 11.6 Å². The first kappa shape index (κ1) is 22.6. The molecule has 1 aliphatic rings. The van der Waals surface area contributed by atoms with E-state index in [1.54, 1.807) is 6.07 Å². The third-order valence-corrected chi connectivity index (χ3v) is 6.80. The number of rotatable bonds is 6. The molecule has 1 saturated heterocycles. The second-order valence-electron chi connectivity index (χ2n) is 9.01. The van der Waals surface area contributed by atoms with E-state index in [9.17, 15) is 8.78 Å². The maximum atomic E-state index is 14.0. The van der Waals surface area contributed by atoms with Crippen LogP contribution in [0.1, 0.15) is 23.6 Å². The van der Waals surface area contributed by atoms with Crippen LogP contribution in [0.4, 0.5) is 8.78 Å². The minimum absolute atomic E-state index is 0.462. The van der Waals surface area contributed by atoms with Gasteiger partial charge in [-0.3, -0.25) is 14.8 Å². The minimum Gasteiger partial charge on any atom is -0.297 e. The van der Waals surface area contributed by atoms with Crippen molar-refractivity contribution in [2.75, 3.05) is 26.2 Å². The Hall–Kier alpha value is -3.15. The van der Waals surface area contributed by atoms with Crippen molar-refractivity contribution in [2.45, 2.75) is 26.4 Å². The Morgan fingerprint density at radius 3 is 2.21 bits per heavy atom. The zero-order chi connectivity index (χ0) is 23.5. The molecule has 1 fully saturated rings. The third-order valence-electron chi connectivity index (χ3n) is 6.80. The van der Waals surface area contributed by atoms with Gasteiger partial charge in [0.1, 0.15) is 11.6 Å². The molecule has 5 rings (SSSR count). The molecular formula is C29H29F2N3. The first-order chi connectivity index (χ1) is 16.6. The summed E-state index contributed by atoms with van der Waals surface area (Å²) in [4.78, 5) is 9.32. The molecule has 1 aromatic heterocycles. The van der Waals surface area contributed by atoms with Gasteiger partial charge in [0.15, 0.2) is 0 Å². The number of para-hydroxylation sites is 1. The smallest absolute Gasteiger partial charge is 0.130 e. The van der Waals surface area contributed by atoms with E-state index in [1.165, 1.54) is 28.3 Å². The second-order valence-corrected chi connectivity index (χ2v) is 9.01. The van der Waals surface area contributed by atoms with Crippen molar-refractivity contribution in [1.29, 1.82) is 0 Å². The van der Waals surface area contributed by atoms with Crippen LogP contribution in [0.2, 0.25) is 0 Å². The van der Waals surface area contributed by atoms with Gasteiger partial charge in [-0.2, -0.15) is 0 Å². The van der Waals surface area contributed by atoms with Gasteiger partial charge in [-0.25, -0.2) is 8.78 Å². The van der Waals surface area contributed by atoms with Gasteiger partial charge in [0, 0.05) is 68.0 Å². The first-order valence-electron chi connectivity index (χ1n) is 12.0. The van der Waals surface area contributed by atoms with Crippen molar-refractivity contribution in [2.24, 2.45) is 0 Å². The highest BCUT2D eigenvalue weighted by atomic mass is 19.1. The van der Waals surface area contributed by atoms with Crippen molar-refractivity contribution in [3.63, 3.8) is 0 Å². The summed E-state index contributed by atoms with van der Waals surface area (Å²) in [5.41, 5.74) is 6.69. The molecule has 0 amide bonds. The van der Waals surface area contributed by atoms with Gasteiger partial charge < -0.3 is 0 Å². The summed E-state index contributed by atoms with van der Waals surface area (Å²) in [5, 5.41) is 1.15. The molecule has 34 heavy (non-hydrogen) atoms. The van der Waals surface area contributed by atoms with Crippen LogP contribution in [0.15, 0.2) is 72.9 Å². The molecule has 0 radical (unpaired) electrons. The summed E-state index contributed by atoms with van der Waals surface area (Å²) in [7, 11) is 0. The lowest BCUT2D eigenvalue weighted by atomic mass is 9.96. The number of aromatic nitrogens is 1. The quantitative estimate of drug-likeness (QED) is 0.351. The highest BCUT2D eigenvalue weighted by Crippen LogP contribution is 2.29. The van der Waals surface area contributed by atoms with Gasteiger partial charge in [0.05, 0.1) is 5.52 Å². The molecule has 0 spiro atoms. The van der Waals surface area contributed by atoms with Crippen molar-refractivity contribution in [3.8, 4) is 11.1 Å². The lowest BCUT2D eigenvalue weighted by molar-refractivity contribution is 0.121. The predicted octanol–water partition coefficient (Wildman–Crippen LogP) is 6.06. The number of fused-ring (bicyclic) bond motifs is 1. The largest absolute Gasteiger partial charge is 0.297 e. The summed E-state index contributed by atoms with van der Waals surface area (Å²) >= 11 is 0. The monoisotopic (exact) mass is 457 g/mol. The lowest BCUT2D eigenvalue weighted by Gasteiger charge is -2.35. The minimum atomic E-state index is -0.527. The SMILES string of the molecule is CCc1cc(-c2cccc3cccnc23)ccc1CN1CCN(Cc2ccc(F)cc2F)CC1. The molecule has 0 bridgehead atoms. The summed E-state index contributed by atoms with van der Waals surface area (Å²) in [6.45, 7) is 7.25. The standard InChI is InChI=1S/C29H29F2N3/c1-2-21-17-23(27-7-3-5-22-6-4-12-32-29(22)27)8-9-24(21)19-33-13-15-34(16-14-33)20-25-10-11-26(30)18-28(25)31/h3-12,17-18H,2,13-16,19-20H2,1H3. The molecule has 1 aliphatic heterocycles. The molecule has 3 aromatic carbocycles. The van der Waals surface area contributed by atoms with Gasteiger partial charge in [-0.15, -0.1) is 0 Å². The molecule has 0 unspecified atom stereocenters. The number of hydrogen-bond donors (Lipinski definition) is 0. The van der Waals surface area contributed by atoms with Crippen molar-refractivity contribution >= 4 is 10.9 Å². The molecule has 5 heteroatoms. The Kier molecular flexibility index (Phi) is 6.66. The van der Waals surface area contributed by atoms with Crippen molar-refractivity contribution < 1.29 is 8.78 Å². The van der Waals surface area contributed by atoms with Crippen LogP contribution < -0.4 is 0 Å². The maximum absolute atomic E-state index is 14.0. The molecule has 2 heterocycles. The average Bonchev–Trinajstić information content (AvgIpc) is 2.87. The fourth-order valence-corrected chi connectivity index (χ4v) is 4.85. The van der Waals surface area contributed by atoms with Crippen LogP contribution in [0.25, 0.3) is 22.0 Å². The fourth-order valence-electron chi connectivity index (χ4n) is 4.85. The summed E-state index contributed by atoms with van der Waals surface area (Å²) in [6, 6.07) is 21.1. The van der Waals surface area contributed by atoms with E-state index in [1.807, 2.05) is 12.3 Å². The van der Waals surface area contributed by atoms with E-state index in [2.05, 4.69) is 64.2 Å². The molecule has 174 valence electrons. The molecule has 4 aromatic rings. The highest BCUT2D eigenvalue weighted by molar-refractivity contribution is 5.93. The van der Waals surface area contributed by atoms with E-state index in [0.717, 1.165) is 56.1 Å². The van der Waals surface area contributed by atoms with Crippen LogP contribution in [-0.4, -0.2) is 41.0 Å². The number of benzene rings is 3. The summed E-state index contributed by atoms with van der Waals surface area (Å²) in [5.74, 6) is -0.989.